The predicted octanol–water partition coefficient (Wildman–Crippen LogP) is 1.53. The first-order chi connectivity index (χ1) is 5.38. The van der Waals surface area contributed by atoms with Crippen molar-refractivity contribution in [2.75, 3.05) is 0 Å². The molecule has 2 aromatic rings. The zero-order valence-corrected chi connectivity index (χ0v) is 5.87. The zero-order valence-electron chi connectivity index (χ0n) is 5.87. The van der Waals surface area contributed by atoms with E-state index in [9.17, 15) is 4.79 Å². The minimum Gasteiger partial charge on any atom is -0.358 e. The molecule has 2 heteroatoms. The Labute approximate surface area is 63.5 Å². The smallest absolute Gasteiger partial charge is 0.202 e. The highest BCUT2D eigenvalue weighted by atomic mass is 16.1. The Morgan fingerprint density at radius 3 is 2.82 bits per heavy atom. The SMILES string of the molecule is O=c1ccccc2cc[nH]c12. The summed E-state index contributed by atoms with van der Waals surface area (Å²) >= 11 is 0. The maximum atomic E-state index is 11.2. The molecular formula is C9H7NO. The van der Waals surface area contributed by atoms with Crippen molar-refractivity contribution in [1.29, 1.82) is 0 Å². The molecule has 11 heavy (non-hydrogen) atoms. The normalized spacial score (nSPS) is 10.2. The van der Waals surface area contributed by atoms with Crippen molar-refractivity contribution in [2.24, 2.45) is 0 Å². The van der Waals surface area contributed by atoms with Gasteiger partial charge in [-0.05, 0) is 12.1 Å². The summed E-state index contributed by atoms with van der Waals surface area (Å²) in [4.78, 5) is 14.1. The second kappa shape index (κ2) is 2.23. The maximum Gasteiger partial charge on any atom is 0.202 e. The van der Waals surface area contributed by atoms with Crippen molar-refractivity contribution in [3.8, 4) is 0 Å². The largest absolute Gasteiger partial charge is 0.358 e. The molecule has 2 nitrogen and oxygen atoms in total. The zero-order chi connectivity index (χ0) is 7.68. The van der Waals surface area contributed by atoms with Gasteiger partial charge in [0.05, 0.1) is 5.52 Å². The van der Waals surface area contributed by atoms with Gasteiger partial charge in [0.2, 0.25) is 5.43 Å². The molecule has 0 fully saturated rings. The second-order valence-corrected chi connectivity index (χ2v) is 2.39. The van der Waals surface area contributed by atoms with E-state index in [1.807, 2.05) is 18.2 Å². The van der Waals surface area contributed by atoms with E-state index in [0.717, 1.165) is 5.39 Å². The van der Waals surface area contributed by atoms with Gasteiger partial charge in [-0.3, -0.25) is 4.79 Å². The number of aromatic amines is 1. The standard InChI is InChI=1S/C9H7NO/c11-8-4-2-1-3-7-5-6-10-9(7)8/h1-6,10H. The van der Waals surface area contributed by atoms with E-state index in [0.29, 0.717) is 5.52 Å². The summed E-state index contributed by atoms with van der Waals surface area (Å²) in [5.74, 6) is 0. The van der Waals surface area contributed by atoms with Crippen LogP contribution in [0.4, 0.5) is 0 Å². The lowest BCUT2D eigenvalue weighted by atomic mass is 10.3. The summed E-state index contributed by atoms with van der Waals surface area (Å²) in [5, 5.41) is 0.958. The Hall–Kier alpha value is -1.57. The average molecular weight is 145 g/mol. The van der Waals surface area contributed by atoms with Gasteiger partial charge in [-0.1, -0.05) is 18.2 Å². The summed E-state index contributed by atoms with van der Waals surface area (Å²) in [6.45, 7) is 0. The van der Waals surface area contributed by atoms with E-state index in [4.69, 9.17) is 0 Å². The lowest BCUT2D eigenvalue weighted by Crippen LogP contribution is -1.93. The number of aromatic nitrogens is 1. The summed E-state index contributed by atoms with van der Waals surface area (Å²) in [6.07, 6.45) is 1.77. The van der Waals surface area contributed by atoms with Crippen molar-refractivity contribution in [3.05, 3.63) is 46.8 Å². The topological polar surface area (TPSA) is 32.9 Å². The third kappa shape index (κ3) is 0.923. The van der Waals surface area contributed by atoms with E-state index in [1.165, 1.54) is 0 Å². The Morgan fingerprint density at radius 1 is 1.09 bits per heavy atom. The number of fused-ring (bicyclic) bond motifs is 1. The second-order valence-electron chi connectivity index (χ2n) is 2.39. The van der Waals surface area contributed by atoms with E-state index in [-0.39, 0.29) is 5.43 Å². The van der Waals surface area contributed by atoms with Gasteiger partial charge < -0.3 is 4.98 Å². The molecule has 0 aliphatic heterocycles. The quantitative estimate of drug-likeness (QED) is 0.599. The fourth-order valence-electron chi connectivity index (χ4n) is 1.12. The van der Waals surface area contributed by atoms with Crippen LogP contribution in [0.5, 0.6) is 0 Å². The number of rotatable bonds is 0. The van der Waals surface area contributed by atoms with Crippen molar-refractivity contribution >= 4 is 10.9 Å². The molecule has 54 valence electrons. The fourth-order valence-corrected chi connectivity index (χ4v) is 1.12. The summed E-state index contributed by atoms with van der Waals surface area (Å²) in [6, 6.07) is 8.95. The molecule has 0 aliphatic rings. The Bertz CT molecular complexity index is 431. The van der Waals surface area contributed by atoms with E-state index < -0.39 is 0 Å². The van der Waals surface area contributed by atoms with Crippen LogP contribution in [0.1, 0.15) is 0 Å². The predicted molar refractivity (Wildman–Crippen MR) is 44.6 cm³/mol. The van der Waals surface area contributed by atoms with Crippen LogP contribution in [-0.2, 0) is 0 Å². The van der Waals surface area contributed by atoms with E-state index in [2.05, 4.69) is 4.98 Å². The Morgan fingerprint density at radius 2 is 1.91 bits per heavy atom. The third-order valence-corrected chi connectivity index (χ3v) is 1.66. The van der Waals surface area contributed by atoms with Gasteiger partial charge in [0.1, 0.15) is 0 Å². The van der Waals surface area contributed by atoms with Gasteiger partial charge in [-0.15, -0.1) is 0 Å². The minimum atomic E-state index is 0.0370. The van der Waals surface area contributed by atoms with Gasteiger partial charge in [0.15, 0.2) is 0 Å². The molecule has 1 aromatic heterocycles. The first-order valence-electron chi connectivity index (χ1n) is 3.44. The molecule has 0 radical (unpaired) electrons. The first kappa shape index (κ1) is 6.16. The summed E-state index contributed by atoms with van der Waals surface area (Å²) in [5.41, 5.74) is 0.713. The molecule has 1 heterocycles. The van der Waals surface area contributed by atoms with Crippen LogP contribution in [0.25, 0.3) is 10.9 Å². The van der Waals surface area contributed by atoms with Crippen molar-refractivity contribution in [2.45, 2.75) is 0 Å². The highest BCUT2D eigenvalue weighted by Gasteiger charge is 1.92. The molecule has 0 amide bonds. The molecule has 0 saturated carbocycles. The van der Waals surface area contributed by atoms with Gasteiger partial charge in [0, 0.05) is 11.6 Å². The number of hydrogen-bond donors (Lipinski definition) is 1. The van der Waals surface area contributed by atoms with Gasteiger partial charge in [0.25, 0.3) is 0 Å². The highest BCUT2D eigenvalue weighted by Crippen LogP contribution is 2.03. The third-order valence-electron chi connectivity index (χ3n) is 1.66. The number of nitrogens with one attached hydrogen (secondary N) is 1. The minimum absolute atomic E-state index is 0.0370. The van der Waals surface area contributed by atoms with Crippen molar-refractivity contribution < 1.29 is 0 Å². The number of H-pyrrole nitrogens is 1. The Balaban J connectivity index is 3.09. The molecule has 0 unspecified atom stereocenters. The fraction of sp³-hybridized carbons (Fsp3) is 0. The van der Waals surface area contributed by atoms with Crippen LogP contribution in [0.3, 0.4) is 0 Å². The molecule has 1 N–H and O–H groups in total. The van der Waals surface area contributed by atoms with Crippen LogP contribution in [0.15, 0.2) is 41.3 Å². The van der Waals surface area contributed by atoms with Crippen LogP contribution >= 0.6 is 0 Å². The molecule has 0 aliphatic carbocycles. The first-order valence-corrected chi connectivity index (χ1v) is 3.44. The maximum absolute atomic E-state index is 11.2. The highest BCUT2D eigenvalue weighted by molar-refractivity contribution is 5.77. The van der Waals surface area contributed by atoms with E-state index >= 15 is 0 Å². The average Bonchev–Trinajstić information content (AvgIpc) is 2.40. The Kier molecular flexibility index (Phi) is 1.25. The molecule has 0 saturated heterocycles. The van der Waals surface area contributed by atoms with Gasteiger partial charge >= 0.3 is 0 Å². The van der Waals surface area contributed by atoms with Crippen molar-refractivity contribution in [3.63, 3.8) is 0 Å². The monoisotopic (exact) mass is 145 g/mol. The lowest BCUT2D eigenvalue weighted by molar-refractivity contribution is 1.46. The van der Waals surface area contributed by atoms with Crippen LogP contribution < -0.4 is 5.43 Å². The molecule has 0 bridgehead atoms. The number of hydrogen-bond acceptors (Lipinski definition) is 1. The summed E-state index contributed by atoms with van der Waals surface area (Å²) < 4.78 is 0. The summed E-state index contributed by atoms with van der Waals surface area (Å²) in [7, 11) is 0. The molecule has 2 rings (SSSR count). The van der Waals surface area contributed by atoms with Crippen LogP contribution in [0, 0.1) is 0 Å². The molecular weight excluding hydrogens is 138 g/mol. The van der Waals surface area contributed by atoms with Gasteiger partial charge in [-0.2, -0.15) is 0 Å². The van der Waals surface area contributed by atoms with Gasteiger partial charge in [-0.25, -0.2) is 0 Å². The molecule has 0 atom stereocenters. The van der Waals surface area contributed by atoms with Crippen LogP contribution in [0.2, 0.25) is 0 Å². The van der Waals surface area contributed by atoms with Crippen molar-refractivity contribution in [1.82, 2.24) is 4.98 Å². The molecule has 1 aromatic carbocycles. The van der Waals surface area contributed by atoms with Crippen LogP contribution in [-0.4, -0.2) is 4.98 Å². The van der Waals surface area contributed by atoms with E-state index in [1.54, 1.807) is 18.3 Å². The lowest BCUT2D eigenvalue weighted by Gasteiger charge is -1.74. The molecule has 0 spiro atoms.